The second kappa shape index (κ2) is 9.96. The molecule has 0 bridgehead atoms. The normalized spacial score (nSPS) is 11.3. The molecule has 1 unspecified atom stereocenters. The molecule has 7 nitrogen and oxygen atoms in total. The summed E-state index contributed by atoms with van der Waals surface area (Å²) in [5.74, 6) is 0.127. The number of amides is 3. The lowest BCUT2D eigenvalue weighted by Gasteiger charge is -2.12. The first-order valence-electron chi connectivity index (χ1n) is 8.60. The van der Waals surface area contributed by atoms with Crippen LogP contribution in [0.4, 0.5) is 5.69 Å². The maximum absolute atomic E-state index is 12.1. The van der Waals surface area contributed by atoms with Crippen molar-refractivity contribution in [3.63, 3.8) is 0 Å². The van der Waals surface area contributed by atoms with E-state index in [1.165, 1.54) is 0 Å². The second-order valence-corrected chi connectivity index (χ2v) is 6.24. The van der Waals surface area contributed by atoms with Crippen molar-refractivity contribution in [2.24, 2.45) is 11.7 Å². The zero-order valence-electron chi connectivity index (χ0n) is 15.1. The molecule has 4 N–H and O–H groups in total. The molecular formula is C20H23N3O4. The Morgan fingerprint density at radius 3 is 2.15 bits per heavy atom. The number of carbonyl (C=O) groups is 3. The first-order chi connectivity index (χ1) is 12.9. The van der Waals surface area contributed by atoms with Gasteiger partial charge < -0.3 is 21.1 Å². The van der Waals surface area contributed by atoms with Gasteiger partial charge in [-0.2, -0.15) is 0 Å². The minimum atomic E-state index is -0.603. The summed E-state index contributed by atoms with van der Waals surface area (Å²) in [6.45, 7) is 1.59. The lowest BCUT2D eigenvalue weighted by atomic mass is 10.0. The van der Waals surface area contributed by atoms with Crippen molar-refractivity contribution in [3.05, 3.63) is 54.6 Å². The van der Waals surface area contributed by atoms with Crippen LogP contribution in [0.25, 0.3) is 0 Å². The van der Waals surface area contributed by atoms with E-state index in [0.29, 0.717) is 11.4 Å². The number of nitrogens with two attached hydrogens (primary N) is 1. The van der Waals surface area contributed by atoms with E-state index in [-0.39, 0.29) is 37.1 Å². The van der Waals surface area contributed by atoms with E-state index in [2.05, 4.69) is 10.6 Å². The summed E-state index contributed by atoms with van der Waals surface area (Å²) in [6, 6.07) is 16.4. The van der Waals surface area contributed by atoms with Gasteiger partial charge in [0.05, 0.1) is 6.54 Å². The SMILES string of the molecule is CC(CC(=O)NCC(N)=O)CC(=O)Nc1ccc(Oc2ccccc2)cc1. The lowest BCUT2D eigenvalue weighted by Crippen LogP contribution is -2.34. The van der Waals surface area contributed by atoms with Crippen LogP contribution < -0.4 is 21.1 Å². The third-order valence-corrected chi connectivity index (χ3v) is 3.64. The molecule has 142 valence electrons. The standard InChI is InChI=1S/C20H23N3O4/c1-14(11-19(25)22-13-18(21)24)12-20(26)23-15-7-9-17(10-8-15)27-16-5-3-2-4-6-16/h2-10,14H,11-13H2,1H3,(H2,21,24)(H,22,25)(H,23,26). The number of benzene rings is 2. The van der Waals surface area contributed by atoms with Gasteiger partial charge >= 0.3 is 0 Å². The van der Waals surface area contributed by atoms with E-state index in [1.807, 2.05) is 30.3 Å². The minimum Gasteiger partial charge on any atom is -0.457 e. The van der Waals surface area contributed by atoms with Gasteiger partial charge in [-0.3, -0.25) is 14.4 Å². The van der Waals surface area contributed by atoms with Crippen LogP contribution in [0.2, 0.25) is 0 Å². The monoisotopic (exact) mass is 369 g/mol. The summed E-state index contributed by atoms with van der Waals surface area (Å²) < 4.78 is 5.70. The average molecular weight is 369 g/mol. The fourth-order valence-electron chi connectivity index (χ4n) is 2.41. The molecule has 3 amide bonds. The Labute approximate surface area is 157 Å². The lowest BCUT2D eigenvalue weighted by molar-refractivity contribution is -0.125. The average Bonchev–Trinajstić information content (AvgIpc) is 2.62. The molecule has 0 fully saturated rings. The molecule has 0 heterocycles. The number of carbonyl (C=O) groups excluding carboxylic acids is 3. The van der Waals surface area contributed by atoms with Gasteiger partial charge in [-0.1, -0.05) is 25.1 Å². The molecule has 0 aliphatic heterocycles. The molecule has 0 saturated heterocycles. The van der Waals surface area contributed by atoms with Crippen LogP contribution >= 0.6 is 0 Å². The Kier molecular flexibility index (Phi) is 7.37. The highest BCUT2D eigenvalue weighted by Crippen LogP contribution is 2.22. The topological polar surface area (TPSA) is 111 Å². The largest absolute Gasteiger partial charge is 0.457 e. The van der Waals surface area contributed by atoms with Crippen molar-refractivity contribution in [1.82, 2.24) is 5.32 Å². The van der Waals surface area contributed by atoms with Gasteiger partial charge in [-0.05, 0) is 42.3 Å². The Balaban J connectivity index is 1.78. The van der Waals surface area contributed by atoms with Crippen LogP contribution in [0.15, 0.2) is 54.6 Å². The number of rotatable bonds is 9. The highest BCUT2D eigenvalue weighted by Gasteiger charge is 2.14. The summed E-state index contributed by atoms with van der Waals surface area (Å²) in [6.07, 6.45) is 0.330. The molecule has 27 heavy (non-hydrogen) atoms. The van der Waals surface area contributed by atoms with Gasteiger partial charge in [0.2, 0.25) is 17.7 Å². The number of primary amides is 1. The molecule has 0 radical (unpaired) electrons. The third-order valence-electron chi connectivity index (χ3n) is 3.64. The van der Waals surface area contributed by atoms with Gasteiger partial charge in [0.1, 0.15) is 11.5 Å². The van der Waals surface area contributed by atoms with E-state index in [4.69, 9.17) is 10.5 Å². The van der Waals surface area contributed by atoms with Gasteiger partial charge in [0, 0.05) is 18.5 Å². The zero-order valence-corrected chi connectivity index (χ0v) is 15.1. The van der Waals surface area contributed by atoms with E-state index in [0.717, 1.165) is 5.75 Å². The molecule has 0 aromatic heterocycles. The molecular weight excluding hydrogens is 346 g/mol. The van der Waals surface area contributed by atoms with Crippen LogP contribution in [0.1, 0.15) is 19.8 Å². The van der Waals surface area contributed by atoms with Crippen molar-refractivity contribution in [3.8, 4) is 11.5 Å². The summed E-state index contributed by atoms with van der Waals surface area (Å²) in [4.78, 5) is 34.4. The Morgan fingerprint density at radius 2 is 1.52 bits per heavy atom. The van der Waals surface area contributed by atoms with Crippen LogP contribution in [-0.4, -0.2) is 24.3 Å². The number of hydrogen-bond acceptors (Lipinski definition) is 4. The highest BCUT2D eigenvalue weighted by molar-refractivity contribution is 5.91. The number of para-hydroxylation sites is 1. The number of hydrogen-bond donors (Lipinski definition) is 3. The van der Waals surface area contributed by atoms with E-state index in [1.54, 1.807) is 31.2 Å². The second-order valence-electron chi connectivity index (χ2n) is 6.24. The summed E-state index contributed by atoms with van der Waals surface area (Å²) in [5, 5.41) is 5.19. The Hall–Kier alpha value is -3.35. The summed E-state index contributed by atoms with van der Waals surface area (Å²) in [5.41, 5.74) is 5.61. The molecule has 0 aliphatic carbocycles. The molecule has 2 aromatic rings. The Morgan fingerprint density at radius 1 is 0.926 bits per heavy atom. The number of ether oxygens (including phenoxy) is 1. The smallest absolute Gasteiger partial charge is 0.236 e. The quantitative estimate of drug-likeness (QED) is 0.630. The zero-order chi connectivity index (χ0) is 19.6. The molecule has 1 atom stereocenters. The third kappa shape index (κ3) is 7.60. The minimum absolute atomic E-state index is 0.143. The van der Waals surface area contributed by atoms with Gasteiger partial charge in [-0.15, -0.1) is 0 Å². The number of anilines is 1. The van der Waals surface area contributed by atoms with Crippen LogP contribution in [0, 0.1) is 5.92 Å². The predicted molar refractivity (Wildman–Crippen MR) is 102 cm³/mol. The molecule has 0 saturated carbocycles. The van der Waals surface area contributed by atoms with E-state index >= 15 is 0 Å². The predicted octanol–water partition coefficient (Wildman–Crippen LogP) is 2.44. The number of nitrogens with one attached hydrogen (secondary N) is 2. The molecule has 7 heteroatoms. The fourth-order valence-corrected chi connectivity index (χ4v) is 2.41. The Bertz CT molecular complexity index is 776. The highest BCUT2D eigenvalue weighted by atomic mass is 16.5. The molecule has 0 spiro atoms. The van der Waals surface area contributed by atoms with Crippen molar-refractivity contribution >= 4 is 23.4 Å². The van der Waals surface area contributed by atoms with Crippen molar-refractivity contribution < 1.29 is 19.1 Å². The van der Waals surface area contributed by atoms with E-state index in [9.17, 15) is 14.4 Å². The maximum atomic E-state index is 12.1. The van der Waals surface area contributed by atoms with Crippen molar-refractivity contribution in [2.75, 3.05) is 11.9 Å². The van der Waals surface area contributed by atoms with Crippen molar-refractivity contribution in [1.29, 1.82) is 0 Å². The fraction of sp³-hybridized carbons (Fsp3) is 0.250. The van der Waals surface area contributed by atoms with Gasteiger partial charge in [0.15, 0.2) is 0 Å². The summed E-state index contributed by atoms with van der Waals surface area (Å²) >= 11 is 0. The first kappa shape index (κ1) is 20.0. The van der Waals surface area contributed by atoms with Crippen LogP contribution in [-0.2, 0) is 14.4 Å². The first-order valence-corrected chi connectivity index (χ1v) is 8.60. The van der Waals surface area contributed by atoms with Crippen LogP contribution in [0.5, 0.6) is 11.5 Å². The van der Waals surface area contributed by atoms with Gasteiger partial charge in [0.25, 0.3) is 0 Å². The molecule has 2 aromatic carbocycles. The van der Waals surface area contributed by atoms with E-state index < -0.39 is 5.91 Å². The maximum Gasteiger partial charge on any atom is 0.236 e. The summed E-state index contributed by atoms with van der Waals surface area (Å²) in [7, 11) is 0. The van der Waals surface area contributed by atoms with Gasteiger partial charge in [-0.25, -0.2) is 0 Å². The van der Waals surface area contributed by atoms with Crippen LogP contribution in [0.3, 0.4) is 0 Å². The molecule has 0 aliphatic rings. The molecule has 2 rings (SSSR count). The van der Waals surface area contributed by atoms with Crippen molar-refractivity contribution in [2.45, 2.75) is 19.8 Å².